The van der Waals surface area contributed by atoms with Crippen molar-refractivity contribution in [2.75, 3.05) is 32.7 Å². The molecule has 3 fully saturated rings. The summed E-state index contributed by atoms with van der Waals surface area (Å²) < 4.78 is 67.0. The Morgan fingerprint density at radius 1 is 1.11 bits per heavy atom. The molecule has 1 aromatic carbocycles. The Hall–Kier alpha value is -2.40. The van der Waals surface area contributed by atoms with Crippen molar-refractivity contribution in [2.45, 2.75) is 44.4 Å². The number of rotatable bonds is 6. The number of carbonyl (C=O) groups excluding carboxylic acids is 2. The maximum absolute atomic E-state index is 13.3. The molecule has 0 unspecified atom stereocenters. The molecule has 37 heavy (non-hydrogen) atoms. The summed E-state index contributed by atoms with van der Waals surface area (Å²) in [5.74, 6) is -1.61. The first-order valence-electron chi connectivity index (χ1n) is 12.0. The van der Waals surface area contributed by atoms with Crippen LogP contribution in [0.4, 0.5) is 13.2 Å². The molecule has 0 spiro atoms. The van der Waals surface area contributed by atoms with E-state index in [0.717, 1.165) is 12.1 Å². The Morgan fingerprint density at radius 3 is 2.46 bits per heavy atom. The van der Waals surface area contributed by atoms with Crippen molar-refractivity contribution in [2.24, 2.45) is 11.8 Å². The summed E-state index contributed by atoms with van der Waals surface area (Å²) >= 11 is 5.75. The third kappa shape index (κ3) is 5.87. The number of nitrogens with one attached hydrogen (secondary N) is 1. The Balaban J connectivity index is 1.35. The second kappa shape index (κ2) is 10.8. The lowest BCUT2D eigenvalue weighted by molar-refractivity contribution is -0.142. The monoisotopic (exact) mass is 561 g/mol. The van der Waals surface area contributed by atoms with Gasteiger partial charge >= 0.3 is 6.18 Å². The number of alkyl halides is 3. The van der Waals surface area contributed by atoms with Crippen LogP contribution in [0.15, 0.2) is 18.2 Å². The van der Waals surface area contributed by atoms with Crippen molar-refractivity contribution in [1.82, 2.24) is 18.8 Å². The predicted molar refractivity (Wildman–Crippen MR) is 127 cm³/mol. The van der Waals surface area contributed by atoms with Gasteiger partial charge in [-0.2, -0.15) is 35.5 Å². The summed E-state index contributed by atoms with van der Waals surface area (Å²) in [6, 6.07) is 4.55. The lowest BCUT2D eigenvalue weighted by Crippen LogP contribution is -2.57. The highest BCUT2D eigenvalue weighted by Gasteiger charge is 2.44. The number of hydrogen-bond donors (Lipinski definition) is 1. The molecule has 3 saturated heterocycles. The van der Waals surface area contributed by atoms with E-state index in [4.69, 9.17) is 16.9 Å². The lowest BCUT2D eigenvalue weighted by Gasteiger charge is -2.41. The van der Waals surface area contributed by atoms with E-state index in [1.807, 2.05) is 6.07 Å². The van der Waals surface area contributed by atoms with E-state index in [9.17, 15) is 31.2 Å². The summed E-state index contributed by atoms with van der Waals surface area (Å²) in [4.78, 5) is 27.7. The van der Waals surface area contributed by atoms with Gasteiger partial charge in [0.15, 0.2) is 0 Å². The molecular weight excluding hydrogens is 535 g/mol. The first-order valence-corrected chi connectivity index (χ1v) is 13.8. The van der Waals surface area contributed by atoms with Gasteiger partial charge in [-0.3, -0.25) is 9.59 Å². The summed E-state index contributed by atoms with van der Waals surface area (Å²) in [5, 5.41) is 11.1. The zero-order valence-corrected chi connectivity index (χ0v) is 21.4. The molecule has 0 aliphatic carbocycles. The van der Waals surface area contributed by atoms with Crippen LogP contribution in [0.3, 0.4) is 0 Å². The van der Waals surface area contributed by atoms with Crippen molar-refractivity contribution in [3.63, 3.8) is 0 Å². The van der Waals surface area contributed by atoms with Crippen LogP contribution in [-0.4, -0.2) is 72.5 Å². The highest BCUT2D eigenvalue weighted by Crippen LogP contribution is 2.35. The molecule has 2 atom stereocenters. The normalized spacial score (nSPS) is 23.9. The molecule has 1 aromatic rings. The fraction of sp³-hybridized carbons (Fsp3) is 0.609. The predicted octanol–water partition coefficient (Wildman–Crippen LogP) is 2.38. The third-order valence-corrected chi connectivity index (χ3v) is 9.31. The van der Waals surface area contributed by atoms with Crippen molar-refractivity contribution in [3.8, 4) is 6.07 Å². The maximum atomic E-state index is 13.3. The van der Waals surface area contributed by atoms with Crippen molar-refractivity contribution >= 4 is 33.6 Å². The molecule has 14 heteroatoms. The SMILES string of the molecule is N#CC1CN(S(=O)(=O)N2CCC[C@H](C(=O)N3CCC[C@@H]3C(=O)NCc3ccc(C(F)(F)F)c(Cl)c3)C2)C1. The number of likely N-dealkylation sites (tertiary alicyclic amines) is 1. The molecule has 3 heterocycles. The average molecular weight is 562 g/mol. The Morgan fingerprint density at radius 2 is 1.81 bits per heavy atom. The Labute approximate surface area is 218 Å². The maximum Gasteiger partial charge on any atom is 0.417 e. The van der Waals surface area contributed by atoms with Crippen molar-refractivity contribution in [1.29, 1.82) is 5.26 Å². The topological polar surface area (TPSA) is 114 Å². The van der Waals surface area contributed by atoms with Gasteiger partial charge in [0, 0.05) is 39.3 Å². The highest BCUT2D eigenvalue weighted by atomic mass is 35.5. The molecule has 1 N–H and O–H groups in total. The van der Waals surface area contributed by atoms with Crippen LogP contribution in [0, 0.1) is 23.2 Å². The van der Waals surface area contributed by atoms with Crippen LogP contribution in [0.1, 0.15) is 36.8 Å². The van der Waals surface area contributed by atoms with Crippen LogP contribution >= 0.6 is 11.6 Å². The number of nitrogens with zero attached hydrogens (tertiary/aromatic N) is 4. The minimum Gasteiger partial charge on any atom is -0.350 e. The zero-order valence-electron chi connectivity index (χ0n) is 19.9. The number of nitriles is 1. The Bertz CT molecular complexity index is 1200. The summed E-state index contributed by atoms with van der Waals surface area (Å²) in [6.45, 7) is 0.911. The molecule has 0 radical (unpaired) electrons. The summed E-state index contributed by atoms with van der Waals surface area (Å²) in [5.41, 5.74) is -0.570. The molecule has 3 aliphatic rings. The lowest BCUT2D eigenvalue weighted by atomic mass is 9.97. The number of carbonyl (C=O) groups is 2. The van der Waals surface area contributed by atoms with E-state index in [1.54, 1.807) is 0 Å². The van der Waals surface area contributed by atoms with Gasteiger partial charge in [0.25, 0.3) is 10.2 Å². The number of piperidine rings is 1. The van der Waals surface area contributed by atoms with Gasteiger partial charge in [0.05, 0.1) is 28.5 Å². The molecule has 202 valence electrons. The standard InChI is InChI=1S/C23H27ClF3N5O4S/c24-19-9-15(5-6-18(19)23(25,26)27)11-29-21(33)20-4-2-8-32(20)22(34)17-3-1-7-30(14-17)37(35,36)31-12-16(10-28)13-31/h5-6,9,16-17,20H,1-4,7-8,11-14H2,(H,29,33)/t17-,20+/m0/s1. The quantitative estimate of drug-likeness (QED) is 0.573. The van der Waals surface area contributed by atoms with E-state index in [2.05, 4.69) is 5.32 Å². The average Bonchev–Trinajstić information content (AvgIpc) is 3.30. The molecule has 2 amide bonds. The van der Waals surface area contributed by atoms with Crippen molar-refractivity contribution in [3.05, 3.63) is 34.3 Å². The summed E-state index contributed by atoms with van der Waals surface area (Å²) in [6.07, 6.45) is -2.53. The van der Waals surface area contributed by atoms with Gasteiger partial charge in [-0.05, 0) is 43.4 Å². The van der Waals surface area contributed by atoms with Gasteiger partial charge < -0.3 is 10.2 Å². The van der Waals surface area contributed by atoms with E-state index < -0.39 is 44.8 Å². The van der Waals surface area contributed by atoms with Gasteiger partial charge in [0.2, 0.25) is 11.8 Å². The number of benzene rings is 1. The first kappa shape index (κ1) is 27.6. The zero-order chi connectivity index (χ0) is 27.0. The minimum absolute atomic E-state index is 0.0176. The third-order valence-electron chi connectivity index (χ3n) is 7.06. The largest absolute Gasteiger partial charge is 0.417 e. The van der Waals surface area contributed by atoms with Gasteiger partial charge in [-0.15, -0.1) is 0 Å². The first-order chi connectivity index (χ1) is 17.4. The minimum atomic E-state index is -4.58. The second-order valence-corrected chi connectivity index (χ2v) is 11.9. The van der Waals surface area contributed by atoms with Crippen molar-refractivity contribution < 1.29 is 31.2 Å². The fourth-order valence-electron chi connectivity index (χ4n) is 4.97. The molecule has 3 aliphatic heterocycles. The van der Waals surface area contributed by atoms with Crippen LogP contribution < -0.4 is 5.32 Å². The number of amides is 2. The molecule has 0 saturated carbocycles. The van der Waals surface area contributed by atoms with Crippen LogP contribution in [0.25, 0.3) is 0 Å². The molecule has 4 rings (SSSR count). The van der Waals surface area contributed by atoms with Crippen LogP contribution in [0.2, 0.25) is 5.02 Å². The van der Waals surface area contributed by atoms with E-state index >= 15 is 0 Å². The molecular formula is C23H27ClF3N5O4S. The van der Waals surface area contributed by atoms with E-state index in [0.29, 0.717) is 44.3 Å². The van der Waals surface area contributed by atoms with Gasteiger partial charge in [0.1, 0.15) is 6.04 Å². The van der Waals surface area contributed by atoms with E-state index in [-0.39, 0.29) is 38.0 Å². The smallest absolute Gasteiger partial charge is 0.350 e. The second-order valence-electron chi connectivity index (χ2n) is 9.57. The molecule has 9 nitrogen and oxygen atoms in total. The highest BCUT2D eigenvalue weighted by molar-refractivity contribution is 7.86. The van der Waals surface area contributed by atoms with Gasteiger partial charge in [-0.25, -0.2) is 0 Å². The summed E-state index contributed by atoms with van der Waals surface area (Å²) in [7, 11) is -3.76. The van der Waals surface area contributed by atoms with Crippen LogP contribution in [-0.2, 0) is 32.5 Å². The molecule has 0 bridgehead atoms. The number of hydrogen-bond acceptors (Lipinski definition) is 5. The Kier molecular flexibility index (Phi) is 8.04. The fourth-order valence-corrected chi connectivity index (χ4v) is 7.07. The van der Waals surface area contributed by atoms with E-state index in [1.165, 1.54) is 19.6 Å². The van der Waals surface area contributed by atoms with Crippen LogP contribution in [0.5, 0.6) is 0 Å². The van der Waals surface area contributed by atoms with Gasteiger partial charge in [-0.1, -0.05) is 17.7 Å². The number of halogens is 4. The molecule has 0 aromatic heterocycles.